The van der Waals surface area contributed by atoms with Crippen molar-refractivity contribution in [2.45, 2.75) is 0 Å². The molecule has 1 rings (SSSR count). The zero-order chi connectivity index (χ0) is 8.27. The molecule has 0 radical (unpaired) electrons. The van der Waals surface area contributed by atoms with Gasteiger partial charge >= 0.3 is 0 Å². The second-order valence-corrected chi connectivity index (χ2v) is 3.11. The van der Waals surface area contributed by atoms with Gasteiger partial charge in [0.2, 0.25) is 0 Å². The van der Waals surface area contributed by atoms with Crippen molar-refractivity contribution in [3.8, 4) is 6.07 Å². The smallest absolute Gasteiger partial charge is 0.100 e. The van der Waals surface area contributed by atoms with Crippen LogP contribution in [0.4, 0.5) is 5.69 Å². The van der Waals surface area contributed by atoms with Gasteiger partial charge in [-0.25, -0.2) is 0 Å². The van der Waals surface area contributed by atoms with E-state index in [0.717, 1.165) is 9.26 Å². The van der Waals surface area contributed by atoms with Crippen molar-refractivity contribution in [3.63, 3.8) is 0 Å². The van der Waals surface area contributed by atoms with Gasteiger partial charge in [0.15, 0.2) is 0 Å². The first-order valence-corrected chi connectivity index (χ1v) is 4.02. The minimum atomic E-state index is 0.640. The minimum absolute atomic E-state index is 0.640. The van der Waals surface area contributed by atoms with Gasteiger partial charge in [0.05, 0.1) is 5.56 Å². The maximum absolute atomic E-state index is 8.61. The number of anilines is 1. The van der Waals surface area contributed by atoms with E-state index in [1.54, 1.807) is 6.07 Å². The number of nitrogens with one attached hydrogen (secondary N) is 1. The van der Waals surface area contributed by atoms with Gasteiger partial charge in [0.25, 0.3) is 0 Å². The van der Waals surface area contributed by atoms with Gasteiger partial charge in [-0.1, -0.05) is 0 Å². The van der Waals surface area contributed by atoms with Crippen LogP contribution in [-0.4, -0.2) is 0 Å². The fourth-order valence-electron chi connectivity index (χ4n) is 0.701. The molecule has 0 aliphatic rings. The SMILES string of the molecule is N#Cc1cc(NN)ccc1I. The van der Waals surface area contributed by atoms with Crippen LogP contribution < -0.4 is 11.3 Å². The van der Waals surface area contributed by atoms with Crippen molar-refractivity contribution in [3.05, 3.63) is 27.3 Å². The molecule has 3 nitrogen and oxygen atoms in total. The van der Waals surface area contributed by atoms with E-state index < -0.39 is 0 Å². The first-order chi connectivity index (χ1) is 5.27. The predicted molar refractivity (Wildman–Crippen MR) is 51.7 cm³/mol. The topological polar surface area (TPSA) is 61.8 Å². The molecule has 0 aromatic heterocycles. The summed E-state index contributed by atoms with van der Waals surface area (Å²) in [6, 6.07) is 7.44. The van der Waals surface area contributed by atoms with Gasteiger partial charge in [-0.05, 0) is 40.8 Å². The van der Waals surface area contributed by atoms with Crippen LogP contribution in [0.5, 0.6) is 0 Å². The van der Waals surface area contributed by atoms with E-state index in [4.69, 9.17) is 11.1 Å². The van der Waals surface area contributed by atoms with Crippen LogP contribution in [0.2, 0.25) is 0 Å². The van der Waals surface area contributed by atoms with Crippen LogP contribution >= 0.6 is 22.6 Å². The Labute approximate surface area is 78.3 Å². The van der Waals surface area contributed by atoms with Crippen molar-refractivity contribution < 1.29 is 0 Å². The lowest BCUT2D eigenvalue weighted by Gasteiger charge is -2.00. The summed E-state index contributed by atoms with van der Waals surface area (Å²) in [5.41, 5.74) is 3.87. The summed E-state index contributed by atoms with van der Waals surface area (Å²) in [7, 11) is 0. The van der Waals surface area contributed by atoms with Crippen LogP contribution in [0.15, 0.2) is 18.2 Å². The van der Waals surface area contributed by atoms with E-state index in [2.05, 4.69) is 34.1 Å². The molecule has 0 unspecified atom stereocenters. The number of nitriles is 1. The largest absolute Gasteiger partial charge is 0.324 e. The predicted octanol–water partition coefficient (Wildman–Crippen LogP) is 1.45. The lowest BCUT2D eigenvalue weighted by molar-refractivity contribution is 1.34. The zero-order valence-electron chi connectivity index (χ0n) is 5.63. The highest BCUT2D eigenvalue weighted by Gasteiger charge is 1.97. The Morgan fingerprint density at radius 1 is 1.55 bits per heavy atom. The van der Waals surface area contributed by atoms with E-state index in [-0.39, 0.29) is 0 Å². The fraction of sp³-hybridized carbons (Fsp3) is 0. The summed E-state index contributed by atoms with van der Waals surface area (Å²) in [6.07, 6.45) is 0. The molecule has 0 amide bonds. The van der Waals surface area contributed by atoms with Gasteiger partial charge < -0.3 is 5.43 Å². The second kappa shape index (κ2) is 3.55. The van der Waals surface area contributed by atoms with Crippen LogP contribution in [0.25, 0.3) is 0 Å². The number of rotatable bonds is 1. The fourth-order valence-corrected chi connectivity index (χ4v) is 1.16. The third-order valence-electron chi connectivity index (χ3n) is 1.25. The normalized spacial score (nSPS) is 8.82. The Morgan fingerprint density at radius 3 is 2.82 bits per heavy atom. The van der Waals surface area contributed by atoms with Crippen LogP contribution in [0.3, 0.4) is 0 Å². The first kappa shape index (κ1) is 8.30. The summed E-state index contributed by atoms with van der Waals surface area (Å²) in [4.78, 5) is 0. The van der Waals surface area contributed by atoms with E-state index in [1.165, 1.54) is 0 Å². The Balaban J connectivity index is 3.15. The monoisotopic (exact) mass is 259 g/mol. The van der Waals surface area contributed by atoms with Crippen molar-refractivity contribution in [2.24, 2.45) is 5.84 Å². The highest BCUT2D eigenvalue weighted by molar-refractivity contribution is 14.1. The average Bonchev–Trinajstić information content (AvgIpc) is 2.05. The molecule has 0 saturated carbocycles. The Kier molecular flexibility index (Phi) is 2.68. The average molecular weight is 259 g/mol. The molecule has 0 aliphatic carbocycles. The van der Waals surface area contributed by atoms with E-state index in [9.17, 15) is 0 Å². The number of benzene rings is 1. The molecule has 0 heterocycles. The first-order valence-electron chi connectivity index (χ1n) is 2.94. The number of halogens is 1. The molecule has 56 valence electrons. The highest BCUT2D eigenvalue weighted by Crippen LogP contribution is 2.15. The number of hydrogen-bond acceptors (Lipinski definition) is 3. The van der Waals surface area contributed by atoms with Gasteiger partial charge in [0.1, 0.15) is 6.07 Å². The molecule has 0 bridgehead atoms. The molecule has 1 aromatic carbocycles. The molecule has 0 saturated heterocycles. The second-order valence-electron chi connectivity index (χ2n) is 1.95. The van der Waals surface area contributed by atoms with E-state index >= 15 is 0 Å². The van der Waals surface area contributed by atoms with Crippen LogP contribution in [-0.2, 0) is 0 Å². The number of hydrogen-bond donors (Lipinski definition) is 2. The summed E-state index contributed by atoms with van der Waals surface area (Å²) in [5, 5.41) is 8.61. The molecular formula is C7H6IN3. The molecule has 3 N–H and O–H groups in total. The van der Waals surface area contributed by atoms with Crippen molar-refractivity contribution in [1.29, 1.82) is 5.26 Å². The number of nitrogen functional groups attached to an aromatic ring is 1. The maximum Gasteiger partial charge on any atom is 0.100 e. The van der Waals surface area contributed by atoms with Gasteiger partial charge in [-0.3, -0.25) is 5.84 Å². The quantitative estimate of drug-likeness (QED) is 0.456. The van der Waals surface area contributed by atoms with E-state index in [0.29, 0.717) is 5.56 Å². The Bertz CT molecular complexity index is 303. The van der Waals surface area contributed by atoms with Crippen molar-refractivity contribution in [2.75, 3.05) is 5.43 Å². The molecule has 11 heavy (non-hydrogen) atoms. The standard InChI is InChI=1S/C7H6IN3/c8-7-2-1-6(11-10)3-5(7)4-9/h1-3,11H,10H2. The third kappa shape index (κ3) is 1.82. The van der Waals surface area contributed by atoms with E-state index in [1.807, 2.05) is 12.1 Å². The summed E-state index contributed by atoms with van der Waals surface area (Å²) < 4.78 is 0.934. The van der Waals surface area contributed by atoms with Gasteiger partial charge in [-0.15, -0.1) is 0 Å². The molecule has 4 heteroatoms. The third-order valence-corrected chi connectivity index (χ3v) is 2.19. The molecule has 0 fully saturated rings. The minimum Gasteiger partial charge on any atom is -0.324 e. The lowest BCUT2D eigenvalue weighted by atomic mass is 10.2. The number of hydrazine groups is 1. The summed E-state index contributed by atoms with van der Waals surface area (Å²) >= 11 is 2.10. The number of nitrogens with two attached hydrogens (primary N) is 1. The summed E-state index contributed by atoms with van der Waals surface area (Å²) in [6.45, 7) is 0. The zero-order valence-corrected chi connectivity index (χ0v) is 7.79. The Hall–Kier alpha value is -0.800. The molecule has 0 spiro atoms. The molecule has 1 aromatic rings. The van der Waals surface area contributed by atoms with Gasteiger partial charge in [0, 0.05) is 9.26 Å². The van der Waals surface area contributed by atoms with Crippen molar-refractivity contribution >= 4 is 28.3 Å². The lowest BCUT2D eigenvalue weighted by Crippen LogP contribution is -2.06. The van der Waals surface area contributed by atoms with Gasteiger partial charge in [-0.2, -0.15) is 5.26 Å². The maximum atomic E-state index is 8.61. The molecular weight excluding hydrogens is 253 g/mol. The number of nitrogens with zero attached hydrogens (tertiary/aromatic N) is 1. The van der Waals surface area contributed by atoms with Crippen molar-refractivity contribution in [1.82, 2.24) is 0 Å². The van der Waals surface area contributed by atoms with Crippen LogP contribution in [0, 0.1) is 14.9 Å². The molecule has 0 aliphatic heterocycles. The highest BCUT2D eigenvalue weighted by atomic mass is 127. The van der Waals surface area contributed by atoms with Crippen LogP contribution in [0.1, 0.15) is 5.56 Å². The summed E-state index contributed by atoms with van der Waals surface area (Å²) in [5.74, 6) is 5.16. The molecule has 0 atom stereocenters. The Morgan fingerprint density at radius 2 is 2.27 bits per heavy atom.